The van der Waals surface area contributed by atoms with E-state index >= 15 is 0 Å². The van der Waals surface area contributed by atoms with Gasteiger partial charge in [0.1, 0.15) is 6.10 Å². The van der Waals surface area contributed by atoms with E-state index in [0.717, 1.165) is 0 Å². The molecule has 0 bridgehead atoms. The monoisotopic (exact) mass is 172 g/mol. The minimum Gasteiger partial charge on any atom is -0.368 e. The first-order valence-corrected chi connectivity index (χ1v) is 4.10. The second-order valence-electron chi connectivity index (χ2n) is 3.73. The molecule has 0 amide bonds. The molecular weight excluding hydrogens is 156 g/mol. The summed E-state index contributed by atoms with van der Waals surface area (Å²) >= 11 is 0. The van der Waals surface area contributed by atoms with Gasteiger partial charge in [0.05, 0.1) is 13.2 Å². The van der Waals surface area contributed by atoms with Gasteiger partial charge in [-0.2, -0.15) is 0 Å². The Morgan fingerprint density at radius 1 is 1.75 bits per heavy atom. The maximum atomic E-state index is 9.37. The first-order chi connectivity index (χ1) is 5.58. The van der Waals surface area contributed by atoms with E-state index in [0.29, 0.717) is 13.2 Å². The van der Waals surface area contributed by atoms with E-state index in [1.807, 2.05) is 13.8 Å². The predicted molar refractivity (Wildman–Crippen MR) is 45.7 cm³/mol. The molecule has 1 unspecified atom stereocenters. The zero-order chi connectivity index (χ0) is 9.19. The average Bonchev–Trinajstić information content (AvgIpc) is 2.24. The van der Waals surface area contributed by atoms with Gasteiger partial charge >= 0.3 is 0 Å². The summed E-state index contributed by atoms with van der Waals surface area (Å²) in [6, 6.07) is 0. The van der Waals surface area contributed by atoms with Crippen molar-refractivity contribution >= 4 is 0 Å². The summed E-state index contributed by atoms with van der Waals surface area (Å²) in [5.74, 6) is 0. The lowest BCUT2D eigenvalue weighted by molar-refractivity contribution is -0.129. The zero-order valence-electron chi connectivity index (χ0n) is 7.62. The Morgan fingerprint density at radius 2 is 2.42 bits per heavy atom. The summed E-state index contributed by atoms with van der Waals surface area (Å²) in [5, 5.41) is 9.37. The van der Waals surface area contributed by atoms with Crippen LogP contribution in [0.3, 0.4) is 0 Å². The Labute approximate surface area is 73.0 Å². The van der Waals surface area contributed by atoms with Crippen LogP contribution in [0.25, 0.3) is 0 Å². The van der Waals surface area contributed by atoms with Crippen LogP contribution in [0.5, 0.6) is 0 Å². The number of hydrogen-bond acceptors (Lipinski definition) is 3. The van der Waals surface area contributed by atoms with Gasteiger partial charge in [-0.1, -0.05) is 19.9 Å². The highest BCUT2D eigenvalue weighted by Crippen LogP contribution is 2.33. The summed E-state index contributed by atoms with van der Waals surface area (Å²) in [7, 11) is 0. The van der Waals surface area contributed by atoms with Gasteiger partial charge in [0, 0.05) is 5.41 Å². The standard InChI is InChI=1S/C9H16O3/c1-4-5-11-7-8(10)12-6-9(7,2)3/h4,7-8,10H,1,5-6H2,2-3H3/t7-,8?/m0/s1. The van der Waals surface area contributed by atoms with Gasteiger partial charge in [-0.15, -0.1) is 6.58 Å². The minimum atomic E-state index is -0.792. The Bertz CT molecular complexity index is 165. The molecule has 1 aliphatic rings. The van der Waals surface area contributed by atoms with Crippen molar-refractivity contribution in [1.29, 1.82) is 0 Å². The molecule has 1 saturated heterocycles. The third-order valence-corrected chi connectivity index (χ3v) is 2.05. The van der Waals surface area contributed by atoms with Gasteiger partial charge in [0.2, 0.25) is 0 Å². The number of aliphatic hydroxyl groups excluding tert-OH is 1. The fourth-order valence-corrected chi connectivity index (χ4v) is 1.34. The van der Waals surface area contributed by atoms with Crippen LogP contribution in [-0.4, -0.2) is 30.7 Å². The molecule has 1 rings (SSSR count). The van der Waals surface area contributed by atoms with Crippen LogP contribution in [-0.2, 0) is 9.47 Å². The average molecular weight is 172 g/mol. The molecule has 1 N–H and O–H groups in total. The van der Waals surface area contributed by atoms with Crippen molar-refractivity contribution in [3.05, 3.63) is 12.7 Å². The van der Waals surface area contributed by atoms with E-state index in [2.05, 4.69) is 6.58 Å². The smallest absolute Gasteiger partial charge is 0.181 e. The third kappa shape index (κ3) is 1.86. The Balaban J connectivity index is 2.52. The molecule has 1 heterocycles. The maximum Gasteiger partial charge on any atom is 0.181 e. The van der Waals surface area contributed by atoms with Gasteiger partial charge < -0.3 is 14.6 Å². The van der Waals surface area contributed by atoms with Gasteiger partial charge in [0.25, 0.3) is 0 Å². The number of ether oxygens (including phenoxy) is 2. The van der Waals surface area contributed by atoms with Crippen molar-refractivity contribution in [3.63, 3.8) is 0 Å². The van der Waals surface area contributed by atoms with Crippen LogP contribution in [0, 0.1) is 5.41 Å². The first-order valence-electron chi connectivity index (χ1n) is 4.10. The van der Waals surface area contributed by atoms with Gasteiger partial charge in [-0.05, 0) is 0 Å². The lowest BCUT2D eigenvalue weighted by Crippen LogP contribution is -2.35. The van der Waals surface area contributed by atoms with E-state index in [9.17, 15) is 5.11 Å². The fourth-order valence-electron chi connectivity index (χ4n) is 1.34. The van der Waals surface area contributed by atoms with Crippen molar-refractivity contribution in [1.82, 2.24) is 0 Å². The predicted octanol–water partition coefficient (Wildman–Crippen LogP) is 0.932. The van der Waals surface area contributed by atoms with E-state index in [-0.39, 0.29) is 11.5 Å². The Hall–Kier alpha value is -0.380. The van der Waals surface area contributed by atoms with E-state index < -0.39 is 6.29 Å². The number of aliphatic hydroxyl groups is 1. The van der Waals surface area contributed by atoms with Crippen LogP contribution in [0.2, 0.25) is 0 Å². The van der Waals surface area contributed by atoms with E-state index in [4.69, 9.17) is 9.47 Å². The molecule has 0 aromatic heterocycles. The van der Waals surface area contributed by atoms with Crippen molar-refractivity contribution in [2.24, 2.45) is 5.41 Å². The molecule has 0 aromatic carbocycles. The van der Waals surface area contributed by atoms with Gasteiger partial charge in [0.15, 0.2) is 6.29 Å². The molecule has 0 spiro atoms. The topological polar surface area (TPSA) is 38.7 Å². The first kappa shape index (κ1) is 9.71. The summed E-state index contributed by atoms with van der Waals surface area (Å²) < 4.78 is 10.5. The van der Waals surface area contributed by atoms with Crippen molar-refractivity contribution in [2.75, 3.05) is 13.2 Å². The molecule has 0 radical (unpaired) electrons. The number of rotatable bonds is 3. The molecule has 0 saturated carbocycles. The van der Waals surface area contributed by atoms with Crippen molar-refractivity contribution in [2.45, 2.75) is 26.2 Å². The molecule has 70 valence electrons. The summed E-state index contributed by atoms with van der Waals surface area (Å²) in [5.41, 5.74) is -0.109. The van der Waals surface area contributed by atoms with Crippen LogP contribution < -0.4 is 0 Å². The molecule has 3 nitrogen and oxygen atoms in total. The van der Waals surface area contributed by atoms with Crippen LogP contribution in [0.4, 0.5) is 0 Å². The maximum absolute atomic E-state index is 9.37. The minimum absolute atomic E-state index is 0.109. The second kappa shape index (κ2) is 3.56. The summed E-state index contributed by atoms with van der Waals surface area (Å²) in [6.45, 7) is 8.56. The lowest BCUT2D eigenvalue weighted by atomic mass is 9.89. The molecule has 0 aliphatic carbocycles. The summed E-state index contributed by atoms with van der Waals surface area (Å²) in [4.78, 5) is 0. The second-order valence-corrected chi connectivity index (χ2v) is 3.73. The molecule has 2 atom stereocenters. The zero-order valence-corrected chi connectivity index (χ0v) is 7.62. The Morgan fingerprint density at radius 3 is 2.83 bits per heavy atom. The Kier molecular flexibility index (Phi) is 2.88. The quantitative estimate of drug-likeness (QED) is 0.644. The molecule has 1 aliphatic heterocycles. The third-order valence-electron chi connectivity index (χ3n) is 2.05. The molecule has 0 aromatic rings. The largest absolute Gasteiger partial charge is 0.368 e. The van der Waals surface area contributed by atoms with Crippen LogP contribution in [0.15, 0.2) is 12.7 Å². The SMILES string of the molecule is C=CCO[C@H]1C(O)OCC1(C)C. The molecule has 1 fully saturated rings. The van der Waals surface area contributed by atoms with Crippen LogP contribution >= 0.6 is 0 Å². The van der Waals surface area contributed by atoms with Crippen molar-refractivity contribution in [3.8, 4) is 0 Å². The number of hydrogen-bond donors (Lipinski definition) is 1. The van der Waals surface area contributed by atoms with Crippen molar-refractivity contribution < 1.29 is 14.6 Å². The van der Waals surface area contributed by atoms with Gasteiger partial charge in [-0.25, -0.2) is 0 Å². The molecule has 3 heteroatoms. The van der Waals surface area contributed by atoms with Crippen LogP contribution in [0.1, 0.15) is 13.8 Å². The highest BCUT2D eigenvalue weighted by molar-refractivity contribution is 4.87. The highest BCUT2D eigenvalue weighted by atomic mass is 16.6. The van der Waals surface area contributed by atoms with Gasteiger partial charge in [-0.3, -0.25) is 0 Å². The normalized spacial score (nSPS) is 33.6. The van der Waals surface area contributed by atoms with E-state index in [1.54, 1.807) is 6.08 Å². The molecule has 12 heavy (non-hydrogen) atoms. The summed E-state index contributed by atoms with van der Waals surface area (Å²) in [6.07, 6.45) is 0.636. The van der Waals surface area contributed by atoms with E-state index in [1.165, 1.54) is 0 Å². The fraction of sp³-hybridized carbons (Fsp3) is 0.778. The molecular formula is C9H16O3. The lowest BCUT2D eigenvalue weighted by Gasteiger charge is -2.25. The highest BCUT2D eigenvalue weighted by Gasteiger charge is 2.43.